The van der Waals surface area contributed by atoms with E-state index in [0.717, 1.165) is 11.1 Å². The monoisotopic (exact) mass is 469 g/mol. The lowest BCUT2D eigenvalue weighted by atomic mass is 10.1. The summed E-state index contributed by atoms with van der Waals surface area (Å²) in [5, 5.41) is 7.32. The Kier molecular flexibility index (Phi) is 7.33. The highest BCUT2D eigenvalue weighted by atomic mass is 32.2. The van der Waals surface area contributed by atoms with E-state index in [2.05, 4.69) is 10.4 Å². The summed E-state index contributed by atoms with van der Waals surface area (Å²) in [5.41, 5.74) is 2.73. The second-order valence-electron chi connectivity index (χ2n) is 7.97. The summed E-state index contributed by atoms with van der Waals surface area (Å²) < 4.78 is 31.3. The molecule has 1 heterocycles. The number of esters is 1. The number of ether oxygens (including phenoxy) is 1. The van der Waals surface area contributed by atoms with Gasteiger partial charge in [-0.25, -0.2) is 8.42 Å². The largest absolute Gasteiger partial charge is 0.462 e. The minimum Gasteiger partial charge on any atom is -0.462 e. The number of carbonyl (C=O) groups excluding carboxylic acids is 2. The summed E-state index contributed by atoms with van der Waals surface area (Å²) in [4.78, 5) is 24.6. The molecule has 0 saturated heterocycles. The van der Waals surface area contributed by atoms with E-state index in [4.69, 9.17) is 4.74 Å². The van der Waals surface area contributed by atoms with Gasteiger partial charge in [-0.3, -0.25) is 14.3 Å². The Hall–Kier alpha value is -3.46. The van der Waals surface area contributed by atoms with Crippen molar-refractivity contribution in [2.45, 2.75) is 37.8 Å². The Balaban J connectivity index is 1.69. The maximum atomic E-state index is 12.8. The first-order chi connectivity index (χ1) is 15.6. The third-order valence-electron chi connectivity index (χ3n) is 4.94. The number of nitrogens with one attached hydrogen (secondary N) is 1. The molecule has 0 spiro atoms. The van der Waals surface area contributed by atoms with Gasteiger partial charge >= 0.3 is 5.97 Å². The molecule has 1 amide bonds. The van der Waals surface area contributed by atoms with Crippen molar-refractivity contribution in [1.29, 1.82) is 0 Å². The Labute approximate surface area is 193 Å². The van der Waals surface area contributed by atoms with Crippen molar-refractivity contribution in [3.8, 4) is 11.3 Å². The predicted molar refractivity (Wildman–Crippen MR) is 124 cm³/mol. The lowest BCUT2D eigenvalue weighted by Crippen LogP contribution is -2.28. The maximum absolute atomic E-state index is 12.8. The zero-order valence-electron chi connectivity index (χ0n) is 19.0. The van der Waals surface area contributed by atoms with Gasteiger partial charge in [0.05, 0.1) is 22.7 Å². The second-order valence-corrected chi connectivity index (χ2v) is 9.96. The molecule has 2 aromatic carbocycles. The zero-order chi connectivity index (χ0) is 24.2. The van der Waals surface area contributed by atoms with Crippen LogP contribution in [-0.4, -0.2) is 41.9 Å². The number of rotatable bonds is 8. The summed E-state index contributed by atoms with van der Waals surface area (Å²) in [6, 6.07) is 17.0. The Morgan fingerprint density at radius 3 is 2.27 bits per heavy atom. The van der Waals surface area contributed by atoms with Crippen LogP contribution >= 0.6 is 0 Å². The maximum Gasteiger partial charge on any atom is 0.321 e. The Morgan fingerprint density at radius 2 is 1.67 bits per heavy atom. The van der Waals surface area contributed by atoms with Crippen molar-refractivity contribution in [3.63, 3.8) is 0 Å². The van der Waals surface area contributed by atoms with Gasteiger partial charge < -0.3 is 10.1 Å². The molecule has 0 aliphatic heterocycles. The van der Waals surface area contributed by atoms with Gasteiger partial charge in [0.15, 0.2) is 15.6 Å². The fourth-order valence-corrected chi connectivity index (χ4v) is 4.38. The van der Waals surface area contributed by atoms with E-state index in [0.29, 0.717) is 11.4 Å². The quantitative estimate of drug-likeness (QED) is 0.507. The summed E-state index contributed by atoms with van der Waals surface area (Å²) in [6.45, 7) is 5.11. The van der Waals surface area contributed by atoms with Gasteiger partial charge in [0, 0.05) is 12.6 Å². The number of nitrogens with zero attached hydrogens (tertiary/aromatic N) is 2. The Bertz CT molecular complexity index is 1230. The number of sulfone groups is 1. The molecule has 0 saturated carbocycles. The average Bonchev–Trinajstić information content (AvgIpc) is 3.15. The Morgan fingerprint density at radius 1 is 1.03 bits per heavy atom. The minimum absolute atomic E-state index is 0.0182. The summed E-state index contributed by atoms with van der Waals surface area (Å²) in [6.07, 6.45) is -0.386. The van der Waals surface area contributed by atoms with Crippen LogP contribution < -0.4 is 5.32 Å². The van der Waals surface area contributed by atoms with Crippen LogP contribution in [0.5, 0.6) is 0 Å². The van der Waals surface area contributed by atoms with E-state index in [1.807, 2.05) is 30.3 Å². The molecule has 0 aliphatic rings. The highest BCUT2D eigenvalue weighted by Crippen LogP contribution is 2.21. The molecule has 1 atom stereocenters. The second kappa shape index (κ2) is 9.99. The molecule has 0 bridgehead atoms. The molecule has 1 N–H and O–H groups in total. The van der Waals surface area contributed by atoms with Crippen LogP contribution in [0.3, 0.4) is 0 Å². The molecule has 1 unspecified atom stereocenters. The molecule has 1 aromatic heterocycles. The summed E-state index contributed by atoms with van der Waals surface area (Å²) in [7, 11) is -2.11. The van der Waals surface area contributed by atoms with Crippen LogP contribution in [0, 0.1) is 0 Å². The van der Waals surface area contributed by atoms with Crippen LogP contribution in [-0.2, 0) is 26.4 Å². The van der Waals surface area contributed by atoms with E-state index >= 15 is 0 Å². The number of amides is 1. The highest BCUT2D eigenvalue weighted by Gasteiger charge is 2.22. The summed E-state index contributed by atoms with van der Waals surface area (Å²) in [5.74, 6) is -1.81. The van der Waals surface area contributed by atoms with Crippen LogP contribution in [0.25, 0.3) is 11.3 Å². The van der Waals surface area contributed by atoms with Gasteiger partial charge in [-0.15, -0.1) is 0 Å². The minimum atomic E-state index is -3.82. The zero-order valence-corrected chi connectivity index (χ0v) is 19.8. The van der Waals surface area contributed by atoms with Gasteiger partial charge in [0.25, 0.3) is 5.91 Å². The van der Waals surface area contributed by atoms with Crippen molar-refractivity contribution in [2.75, 3.05) is 5.75 Å². The highest BCUT2D eigenvalue weighted by molar-refractivity contribution is 7.92. The molecule has 9 heteroatoms. The van der Waals surface area contributed by atoms with Gasteiger partial charge in [0.1, 0.15) is 5.69 Å². The van der Waals surface area contributed by atoms with Crippen molar-refractivity contribution in [2.24, 2.45) is 7.05 Å². The van der Waals surface area contributed by atoms with Gasteiger partial charge in [-0.1, -0.05) is 42.5 Å². The normalized spacial score (nSPS) is 12.4. The van der Waals surface area contributed by atoms with Gasteiger partial charge in [-0.2, -0.15) is 5.10 Å². The van der Waals surface area contributed by atoms with Gasteiger partial charge in [-0.05, 0) is 44.5 Å². The lowest BCUT2D eigenvalue weighted by molar-refractivity contribution is -0.144. The van der Waals surface area contributed by atoms with E-state index in [9.17, 15) is 18.0 Å². The molecule has 3 rings (SSSR count). The first-order valence-corrected chi connectivity index (χ1v) is 12.1. The number of aryl methyl sites for hydroxylation is 1. The fraction of sp³-hybridized carbons (Fsp3) is 0.292. The smallest absolute Gasteiger partial charge is 0.321 e. The molecule has 174 valence electrons. The number of aromatic nitrogens is 2. The molecular formula is C24H27N3O5S. The molecule has 0 radical (unpaired) electrons. The van der Waals surface area contributed by atoms with Gasteiger partial charge in [0.2, 0.25) is 0 Å². The number of carbonyl (C=O) groups is 2. The van der Waals surface area contributed by atoms with Crippen LogP contribution in [0.2, 0.25) is 0 Å². The molecule has 33 heavy (non-hydrogen) atoms. The predicted octanol–water partition coefficient (Wildman–Crippen LogP) is 3.30. The average molecular weight is 470 g/mol. The first-order valence-electron chi connectivity index (χ1n) is 10.5. The topological polar surface area (TPSA) is 107 Å². The standard InChI is InChI=1S/C24H27N3O5S/c1-16(2)32-23(28)15-33(30,31)20-12-10-18(11-13-20)17(3)25-24(29)22-14-21(26-27(22)4)19-8-6-5-7-9-19/h5-14,16-17H,15H2,1-4H3,(H,25,29). The van der Waals surface area contributed by atoms with Crippen molar-refractivity contribution in [1.82, 2.24) is 15.1 Å². The SMILES string of the molecule is CC(C)OC(=O)CS(=O)(=O)c1ccc(C(C)NC(=O)c2cc(-c3ccccc3)nn2C)cc1. The molecule has 0 aliphatic carbocycles. The third kappa shape index (κ3) is 6.07. The first kappa shape index (κ1) is 24.2. The number of benzene rings is 2. The fourth-order valence-electron chi connectivity index (χ4n) is 3.28. The van der Waals surface area contributed by atoms with Crippen molar-refractivity contribution in [3.05, 3.63) is 71.9 Å². The summed E-state index contributed by atoms with van der Waals surface area (Å²) >= 11 is 0. The molecule has 0 fully saturated rings. The number of hydrogen-bond acceptors (Lipinski definition) is 6. The van der Waals surface area contributed by atoms with Crippen LogP contribution in [0.4, 0.5) is 0 Å². The van der Waals surface area contributed by atoms with Crippen LogP contribution in [0.1, 0.15) is 42.9 Å². The molecular weight excluding hydrogens is 442 g/mol. The third-order valence-corrected chi connectivity index (χ3v) is 6.55. The van der Waals surface area contributed by atoms with Crippen molar-refractivity contribution >= 4 is 21.7 Å². The van der Waals surface area contributed by atoms with E-state index < -0.39 is 21.6 Å². The van der Waals surface area contributed by atoms with Crippen LogP contribution in [0.15, 0.2) is 65.6 Å². The van der Waals surface area contributed by atoms with E-state index in [-0.39, 0.29) is 22.9 Å². The van der Waals surface area contributed by atoms with E-state index in [1.165, 1.54) is 16.8 Å². The lowest BCUT2D eigenvalue weighted by Gasteiger charge is -2.15. The number of hydrogen-bond donors (Lipinski definition) is 1. The molecule has 3 aromatic rings. The molecule has 8 nitrogen and oxygen atoms in total. The van der Waals surface area contributed by atoms with Crippen molar-refractivity contribution < 1.29 is 22.7 Å². The van der Waals surface area contributed by atoms with E-state index in [1.54, 1.807) is 46.0 Å².